The van der Waals surface area contributed by atoms with Crippen LogP contribution < -0.4 is 0 Å². The van der Waals surface area contributed by atoms with Gasteiger partial charge in [-0.25, -0.2) is 9.97 Å². The van der Waals surface area contributed by atoms with Crippen LogP contribution in [0.1, 0.15) is 5.56 Å². The van der Waals surface area contributed by atoms with Gasteiger partial charge in [-0.05, 0) is 17.9 Å². The predicted octanol–water partition coefficient (Wildman–Crippen LogP) is 3.49. The average Bonchev–Trinajstić information content (AvgIpc) is 2.38. The summed E-state index contributed by atoms with van der Waals surface area (Å²) < 4.78 is 0. The first-order chi connectivity index (χ1) is 7.88. The van der Waals surface area contributed by atoms with E-state index in [9.17, 15) is 0 Å². The third-order valence-electron chi connectivity index (χ3n) is 2.03. The molecule has 0 bridgehead atoms. The van der Waals surface area contributed by atoms with Crippen molar-refractivity contribution < 1.29 is 0 Å². The quantitative estimate of drug-likeness (QED) is 0.470. The summed E-state index contributed by atoms with van der Waals surface area (Å²) in [6.07, 6.45) is 3.83. The molecule has 0 atom stereocenters. The maximum Gasteiger partial charge on any atom is 0.188 e. The lowest BCUT2D eigenvalue weighted by Gasteiger charge is -2.01. The van der Waals surface area contributed by atoms with Crippen LogP contribution in [0.15, 0.2) is 52.8 Å². The molecule has 2 nitrogen and oxygen atoms in total. The first kappa shape index (κ1) is 11.5. The second-order valence-corrected chi connectivity index (χ2v) is 4.92. The number of aromatic nitrogens is 2. The zero-order valence-corrected chi connectivity index (χ0v) is 10.6. The van der Waals surface area contributed by atoms with Crippen molar-refractivity contribution in [3.63, 3.8) is 0 Å². The topological polar surface area (TPSA) is 25.8 Å². The molecule has 2 rings (SSSR count). The summed E-state index contributed by atoms with van der Waals surface area (Å²) >= 11 is 3.31. The maximum absolute atomic E-state index is 4.42. The van der Waals surface area contributed by atoms with Gasteiger partial charge in [0.05, 0.1) is 0 Å². The standard InChI is InChI=1S/C12H12N2S2/c1-15-11-7-8-13-12(14-11)16-9-10-5-3-2-4-6-10/h2-8H,9H2,1H3. The van der Waals surface area contributed by atoms with Gasteiger partial charge in [0.15, 0.2) is 5.16 Å². The molecule has 0 amide bonds. The van der Waals surface area contributed by atoms with Gasteiger partial charge < -0.3 is 0 Å². The summed E-state index contributed by atoms with van der Waals surface area (Å²) in [6, 6.07) is 12.3. The largest absolute Gasteiger partial charge is 0.231 e. The molecule has 0 fully saturated rings. The lowest BCUT2D eigenvalue weighted by atomic mass is 10.2. The zero-order valence-electron chi connectivity index (χ0n) is 8.96. The van der Waals surface area contributed by atoms with Crippen LogP contribution in [0.25, 0.3) is 0 Å². The van der Waals surface area contributed by atoms with Crippen molar-refractivity contribution >= 4 is 23.5 Å². The van der Waals surface area contributed by atoms with E-state index < -0.39 is 0 Å². The van der Waals surface area contributed by atoms with Crippen LogP contribution in [0.2, 0.25) is 0 Å². The summed E-state index contributed by atoms with van der Waals surface area (Å²) in [6.45, 7) is 0. The van der Waals surface area contributed by atoms with Crippen molar-refractivity contribution in [2.24, 2.45) is 0 Å². The number of rotatable bonds is 4. The summed E-state index contributed by atoms with van der Waals surface area (Å²) in [5, 5.41) is 1.86. The summed E-state index contributed by atoms with van der Waals surface area (Å²) in [4.78, 5) is 8.66. The van der Waals surface area contributed by atoms with Gasteiger partial charge in [0.2, 0.25) is 0 Å². The average molecular weight is 248 g/mol. The van der Waals surface area contributed by atoms with Crippen molar-refractivity contribution in [1.29, 1.82) is 0 Å². The molecule has 0 spiro atoms. The van der Waals surface area contributed by atoms with Gasteiger partial charge in [0, 0.05) is 11.9 Å². The Labute approximate surface area is 104 Å². The third kappa shape index (κ3) is 3.25. The molecular weight excluding hydrogens is 236 g/mol. The molecule has 0 aliphatic carbocycles. The molecule has 2 aromatic rings. The highest BCUT2D eigenvalue weighted by molar-refractivity contribution is 7.99. The van der Waals surface area contributed by atoms with Gasteiger partial charge in [-0.15, -0.1) is 11.8 Å². The van der Waals surface area contributed by atoms with Gasteiger partial charge in [-0.2, -0.15) is 0 Å². The highest BCUT2D eigenvalue weighted by Crippen LogP contribution is 2.20. The Morgan fingerprint density at radius 3 is 2.69 bits per heavy atom. The molecule has 0 radical (unpaired) electrons. The van der Waals surface area contributed by atoms with Gasteiger partial charge in [0.1, 0.15) is 5.03 Å². The molecule has 0 saturated carbocycles. The minimum Gasteiger partial charge on any atom is -0.231 e. The lowest BCUT2D eigenvalue weighted by Crippen LogP contribution is -1.88. The zero-order chi connectivity index (χ0) is 11.2. The van der Waals surface area contributed by atoms with Crippen molar-refractivity contribution in [2.45, 2.75) is 15.9 Å². The molecule has 16 heavy (non-hydrogen) atoms. The Morgan fingerprint density at radius 2 is 1.94 bits per heavy atom. The fourth-order valence-corrected chi connectivity index (χ4v) is 2.45. The van der Waals surface area contributed by atoms with Gasteiger partial charge in [-0.3, -0.25) is 0 Å². The SMILES string of the molecule is CSc1ccnc(SCc2ccccc2)n1. The fraction of sp³-hybridized carbons (Fsp3) is 0.167. The number of benzene rings is 1. The molecule has 0 aliphatic heterocycles. The van der Waals surface area contributed by atoms with Crippen LogP contribution >= 0.6 is 23.5 Å². The van der Waals surface area contributed by atoms with Crippen LogP contribution in [0.3, 0.4) is 0 Å². The highest BCUT2D eigenvalue weighted by atomic mass is 32.2. The smallest absolute Gasteiger partial charge is 0.188 e. The molecule has 4 heteroatoms. The third-order valence-corrected chi connectivity index (χ3v) is 3.61. The van der Waals surface area contributed by atoms with Crippen molar-refractivity contribution in [1.82, 2.24) is 9.97 Å². The van der Waals surface area contributed by atoms with E-state index in [0.29, 0.717) is 0 Å². The van der Waals surface area contributed by atoms with Gasteiger partial charge >= 0.3 is 0 Å². The Kier molecular flexibility index (Phi) is 4.25. The molecule has 1 heterocycles. The highest BCUT2D eigenvalue weighted by Gasteiger charge is 2.00. The van der Waals surface area contributed by atoms with Gasteiger partial charge in [-0.1, -0.05) is 42.1 Å². The number of hydrogen-bond donors (Lipinski definition) is 0. The normalized spacial score (nSPS) is 10.3. The summed E-state index contributed by atoms with van der Waals surface area (Å²) in [5.41, 5.74) is 1.30. The predicted molar refractivity (Wildman–Crippen MR) is 69.8 cm³/mol. The van der Waals surface area contributed by atoms with Crippen LogP contribution in [0.4, 0.5) is 0 Å². The van der Waals surface area contributed by atoms with E-state index >= 15 is 0 Å². The first-order valence-electron chi connectivity index (χ1n) is 4.92. The van der Waals surface area contributed by atoms with Crippen molar-refractivity contribution in [3.8, 4) is 0 Å². The van der Waals surface area contributed by atoms with E-state index in [1.807, 2.05) is 24.6 Å². The number of hydrogen-bond acceptors (Lipinski definition) is 4. The minimum atomic E-state index is 0.843. The van der Waals surface area contributed by atoms with Crippen molar-refractivity contribution in [2.75, 3.05) is 6.26 Å². The van der Waals surface area contributed by atoms with E-state index in [1.165, 1.54) is 5.56 Å². The Balaban J connectivity index is 1.99. The van der Waals surface area contributed by atoms with E-state index in [0.717, 1.165) is 15.9 Å². The van der Waals surface area contributed by atoms with E-state index in [1.54, 1.807) is 23.5 Å². The molecule has 0 saturated heterocycles. The maximum atomic E-state index is 4.42. The Bertz CT molecular complexity index is 446. The van der Waals surface area contributed by atoms with E-state index in [4.69, 9.17) is 0 Å². The van der Waals surface area contributed by atoms with Crippen LogP contribution in [0.5, 0.6) is 0 Å². The van der Waals surface area contributed by atoms with E-state index in [-0.39, 0.29) is 0 Å². The second-order valence-electron chi connectivity index (χ2n) is 3.16. The van der Waals surface area contributed by atoms with E-state index in [2.05, 4.69) is 34.2 Å². The first-order valence-corrected chi connectivity index (χ1v) is 7.13. The number of nitrogens with zero attached hydrogens (tertiary/aromatic N) is 2. The summed E-state index contributed by atoms with van der Waals surface area (Å²) in [5.74, 6) is 0.915. The molecular formula is C12H12N2S2. The number of thioether (sulfide) groups is 2. The van der Waals surface area contributed by atoms with Crippen LogP contribution in [0, 0.1) is 0 Å². The molecule has 1 aromatic carbocycles. The Hall–Kier alpha value is -1.00. The second kappa shape index (κ2) is 5.92. The summed E-state index contributed by atoms with van der Waals surface area (Å²) in [7, 11) is 0. The van der Waals surface area contributed by atoms with Gasteiger partial charge in [0.25, 0.3) is 0 Å². The molecule has 0 aliphatic rings. The molecule has 1 aromatic heterocycles. The molecule has 0 N–H and O–H groups in total. The monoisotopic (exact) mass is 248 g/mol. The minimum absolute atomic E-state index is 0.843. The fourth-order valence-electron chi connectivity index (χ4n) is 1.23. The van der Waals surface area contributed by atoms with Crippen LogP contribution in [-0.2, 0) is 5.75 Å². The Morgan fingerprint density at radius 1 is 1.12 bits per heavy atom. The lowest BCUT2D eigenvalue weighted by molar-refractivity contribution is 0.892. The van der Waals surface area contributed by atoms with Crippen molar-refractivity contribution in [3.05, 3.63) is 48.2 Å². The molecule has 0 unspecified atom stereocenters. The molecule has 82 valence electrons. The van der Waals surface area contributed by atoms with Crippen LogP contribution in [-0.4, -0.2) is 16.2 Å².